The number of ether oxygens (including phenoxy) is 1. The van der Waals surface area contributed by atoms with Crippen molar-refractivity contribution in [2.45, 2.75) is 31.3 Å². The van der Waals surface area contributed by atoms with Gasteiger partial charge in [-0.05, 0) is 38.1 Å². The third-order valence-corrected chi connectivity index (χ3v) is 5.49. The van der Waals surface area contributed by atoms with Crippen molar-refractivity contribution in [2.75, 3.05) is 13.1 Å². The summed E-state index contributed by atoms with van der Waals surface area (Å²) in [5.74, 6) is 11.0. The summed E-state index contributed by atoms with van der Waals surface area (Å²) in [4.78, 5) is 11.3. The molecule has 0 amide bonds. The molecule has 2 aromatic carbocycles. The number of carbonyl (C=O) groups is 1. The van der Waals surface area contributed by atoms with Crippen LogP contribution in [0.5, 0.6) is 0 Å². The van der Waals surface area contributed by atoms with Gasteiger partial charge in [-0.2, -0.15) is 4.31 Å². The van der Waals surface area contributed by atoms with Gasteiger partial charge in [0.15, 0.2) is 5.60 Å². The van der Waals surface area contributed by atoms with Crippen molar-refractivity contribution < 1.29 is 17.9 Å². The Bertz CT molecular complexity index is 1050. The fraction of sp³-hybridized carbons (Fsp3) is 0.261. The van der Waals surface area contributed by atoms with Crippen molar-refractivity contribution in [3.63, 3.8) is 0 Å². The fourth-order valence-corrected chi connectivity index (χ4v) is 3.71. The summed E-state index contributed by atoms with van der Waals surface area (Å²) < 4.78 is 32.3. The van der Waals surface area contributed by atoms with Crippen molar-refractivity contribution in [3.05, 3.63) is 66.2 Å². The molecule has 0 unspecified atom stereocenters. The molecular formula is C23H23NO4S. The minimum absolute atomic E-state index is 0.0191. The monoisotopic (exact) mass is 409 g/mol. The predicted molar refractivity (Wildman–Crippen MR) is 112 cm³/mol. The number of nitrogens with zero attached hydrogens (tertiary/aromatic N) is 1. The fourth-order valence-electron chi connectivity index (χ4n) is 2.44. The van der Waals surface area contributed by atoms with Gasteiger partial charge >= 0.3 is 5.97 Å². The lowest BCUT2D eigenvalue weighted by Crippen LogP contribution is -2.32. The first-order valence-electron chi connectivity index (χ1n) is 8.99. The predicted octanol–water partition coefficient (Wildman–Crippen LogP) is 3.07. The van der Waals surface area contributed by atoms with E-state index in [0.29, 0.717) is 0 Å². The molecule has 0 atom stereocenters. The minimum Gasteiger partial charge on any atom is -0.447 e. The SMILES string of the molecule is CC(=O)OC(C)(C)C#CCN(CC#Cc1ccccc1)S(=O)(=O)c1ccccc1. The second-order valence-electron chi connectivity index (χ2n) is 6.66. The van der Waals surface area contributed by atoms with Crippen LogP contribution in [0.4, 0.5) is 0 Å². The summed E-state index contributed by atoms with van der Waals surface area (Å²) in [6.07, 6.45) is 0. The van der Waals surface area contributed by atoms with Crippen LogP contribution < -0.4 is 0 Å². The van der Waals surface area contributed by atoms with Gasteiger partial charge in [0.2, 0.25) is 10.0 Å². The van der Waals surface area contributed by atoms with E-state index in [-0.39, 0.29) is 18.0 Å². The smallest absolute Gasteiger partial charge is 0.304 e. The highest BCUT2D eigenvalue weighted by Crippen LogP contribution is 2.15. The van der Waals surface area contributed by atoms with E-state index in [1.807, 2.05) is 30.3 Å². The number of carbonyl (C=O) groups excluding carboxylic acids is 1. The molecule has 5 nitrogen and oxygen atoms in total. The lowest BCUT2D eigenvalue weighted by molar-refractivity contribution is -0.148. The van der Waals surface area contributed by atoms with Crippen molar-refractivity contribution in [2.24, 2.45) is 0 Å². The Kier molecular flexibility index (Phi) is 7.61. The number of sulfonamides is 1. The molecule has 0 heterocycles. The lowest BCUT2D eigenvalue weighted by Gasteiger charge is -2.19. The van der Waals surface area contributed by atoms with Crippen LogP contribution in [0.1, 0.15) is 26.3 Å². The van der Waals surface area contributed by atoms with Gasteiger partial charge in [0.25, 0.3) is 0 Å². The van der Waals surface area contributed by atoms with Crippen molar-refractivity contribution >= 4 is 16.0 Å². The maximum absolute atomic E-state index is 13.0. The second kappa shape index (κ2) is 9.93. The quantitative estimate of drug-likeness (QED) is 0.562. The average molecular weight is 410 g/mol. The molecule has 0 aliphatic carbocycles. The van der Waals surface area contributed by atoms with Crippen LogP contribution in [0.3, 0.4) is 0 Å². The molecule has 0 spiro atoms. The summed E-state index contributed by atoms with van der Waals surface area (Å²) in [7, 11) is -3.78. The van der Waals surface area contributed by atoms with Crippen LogP contribution >= 0.6 is 0 Å². The molecule has 2 aromatic rings. The molecule has 0 saturated carbocycles. The van der Waals surface area contributed by atoms with Crippen molar-refractivity contribution in [1.29, 1.82) is 0 Å². The zero-order valence-electron chi connectivity index (χ0n) is 16.7. The Morgan fingerprint density at radius 3 is 2.10 bits per heavy atom. The van der Waals surface area contributed by atoms with Crippen LogP contribution in [-0.2, 0) is 19.6 Å². The highest BCUT2D eigenvalue weighted by Gasteiger charge is 2.23. The van der Waals surface area contributed by atoms with Crippen LogP contribution in [-0.4, -0.2) is 37.4 Å². The van der Waals surface area contributed by atoms with Crippen LogP contribution in [0.2, 0.25) is 0 Å². The molecule has 0 radical (unpaired) electrons. The second-order valence-corrected chi connectivity index (χ2v) is 8.60. The number of esters is 1. The van der Waals surface area contributed by atoms with Gasteiger partial charge in [-0.3, -0.25) is 4.79 Å². The first kappa shape index (κ1) is 22.2. The van der Waals surface area contributed by atoms with Crippen LogP contribution in [0.25, 0.3) is 0 Å². The van der Waals surface area contributed by atoms with Gasteiger partial charge in [0.05, 0.1) is 18.0 Å². The molecular weight excluding hydrogens is 386 g/mol. The number of hydrogen-bond acceptors (Lipinski definition) is 4. The Morgan fingerprint density at radius 2 is 1.52 bits per heavy atom. The van der Waals surface area contributed by atoms with Gasteiger partial charge in [-0.1, -0.05) is 60.1 Å². The van der Waals surface area contributed by atoms with Gasteiger partial charge in [-0.15, -0.1) is 0 Å². The molecule has 2 rings (SSSR count). The highest BCUT2D eigenvalue weighted by atomic mass is 32.2. The minimum atomic E-state index is -3.78. The van der Waals surface area contributed by atoms with E-state index in [0.717, 1.165) is 5.56 Å². The first-order chi connectivity index (χ1) is 13.7. The topological polar surface area (TPSA) is 63.7 Å². The number of hydrogen-bond donors (Lipinski definition) is 0. The van der Waals surface area contributed by atoms with Gasteiger partial charge in [0.1, 0.15) is 0 Å². The third-order valence-electron chi connectivity index (χ3n) is 3.69. The Balaban J connectivity index is 2.27. The molecule has 0 aliphatic rings. The zero-order valence-corrected chi connectivity index (χ0v) is 17.5. The van der Waals surface area contributed by atoms with E-state index in [1.54, 1.807) is 32.0 Å². The lowest BCUT2D eigenvalue weighted by atomic mass is 10.1. The van der Waals surface area contributed by atoms with E-state index < -0.39 is 21.6 Å². The zero-order chi connectivity index (χ0) is 21.3. The van der Waals surface area contributed by atoms with Crippen molar-refractivity contribution in [3.8, 4) is 23.7 Å². The van der Waals surface area contributed by atoms with Crippen molar-refractivity contribution in [1.82, 2.24) is 4.31 Å². The Labute approximate surface area is 172 Å². The summed E-state index contributed by atoms with van der Waals surface area (Å²) in [6.45, 7) is 4.49. The van der Waals surface area contributed by atoms with Gasteiger partial charge < -0.3 is 4.74 Å². The molecule has 0 aromatic heterocycles. The van der Waals surface area contributed by atoms with E-state index >= 15 is 0 Å². The third kappa shape index (κ3) is 7.12. The largest absolute Gasteiger partial charge is 0.447 e. The number of benzene rings is 2. The van der Waals surface area contributed by atoms with Gasteiger partial charge in [0, 0.05) is 12.5 Å². The van der Waals surface area contributed by atoms with Crippen LogP contribution in [0.15, 0.2) is 65.6 Å². The standard InChI is InChI=1S/C23H23NO4S/c1-20(25)28-23(2,3)17-11-19-24(18-10-14-21-12-6-4-7-13-21)29(26,27)22-15-8-5-9-16-22/h4-9,12-13,15-16H,18-19H2,1-3H3. The van der Waals surface area contributed by atoms with E-state index in [1.165, 1.54) is 23.4 Å². The molecule has 0 saturated heterocycles. The summed E-state index contributed by atoms with van der Waals surface area (Å²) in [5.41, 5.74) is -0.212. The normalized spacial score (nSPS) is 11.0. The molecule has 150 valence electrons. The van der Waals surface area contributed by atoms with Gasteiger partial charge in [-0.25, -0.2) is 8.42 Å². The molecule has 6 heteroatoms. The Morgan fingerprint density at radius 1 is 0.966 bits per heavy atom. The molecule has 0 fully saturated rings. The summed E-state index contributed by atoms with van der Waals surface area (Å²) in [5, 5.41) is 0. The average Bonchev–Trinajstić information content (AvgIpc) is 2.67. The summed E-state index contributed by atoms with van der Waals surface area (Å²) >= 11 is 0. The maximum atomic E-state index is 13.0. The summed E-state index contributed by atoms with van der Waals surface area (Å²) in [6, 6.07) is 17.5. The molecule has 29 heavy (non-hydrogen) atoms. The van der Waals surface area contributed by atoms with E-state index in [9.17, 15) is 13.2 Å². The highest BCUT2D eigenvalue weighted by molar-refractivity contribution is 7.89. The molecule has 0 N–H and O–H groups in total. The molecule has 0 bridgehead atoms. The van der Waals surface area contributed by atoms with E-state index in [4.69, 9.17) is 4.74 Å². The van der Waals surface area contributed by atoms with Crippen LogP contribution in [0, 0.1) is 23.7 Å². The first-order valence-corrected chi connectivity index (χ1v) is 10.4. The van der Waals surface area contributed by atoms with E-state index in [2.05, 4.69) is 23.7 Å². The number of rotatable bonds is 5. The maximum Gasteiger partial charge on any atom is 0.304 e. The Hall–Kier alpha value is -3.06. The molecule has 0 aliphatic heterocycles.